The van der Waals surface area contributed by atoms with Crippen molar-refractivity contribution in [3.05, 3.63) is 35.0 Å². The molecule has 0 atom stereocenters. The largest absolute Gasteiger partial charge is 0.383 e. The molecule has 20 heavy (non-hydrogen) atoms. The minimum atomic E-state index is 0.296. The summed E-state index contributed by atoms with van der Waals surface area (Å²) in [7, 11) is 0. The van der Waals surface area contributed by atoms with E-state index >= 15 is 0 Å². The minimum Gasteiger partial charge on any atom is -0.383 e. The summed E-state index contributed by atoms with van der Waals surface area (Å²) in [6.07, 6.45) is 0. The van der Waals surface area contributed by atoms with Crippen LogP contribution in [0, 0.1) is 13.8 Å². The van der Waals surface area contributed by atoms with Crippen LogP contribution in [0.15, 0.2) is 18.2 Å². The summed E-state index contributed by atoms with van der Waals surface area (Å²) in [4.78, 5) is 0. The molecule has 3 aromatic rings. The molecule has 0 aliphatic rings. The lowest BCUT2D eigenvalue weighted by molar-refractivity contribution is 0.771. The van der Waals surface area contributed by atoms with E-state index in [1.807, 2.05) is 4.68 Å². The van der Waals surface area contributed by atoms with Gasteiger partial charge in [0, 0.05) is 0 Å². The lowest BCUT2D eigenvalue weighted by Gasteiger charge is -2.05. The van der Waals surface area contributed by atoms with Gasteiger partial charge in [0.05, 0.1) is 16.8 Å². The van der Waals surface area contributed by atoms with Crippen LogP contribution < -0.4 is 5.73 Å². The molecule has 0 fully saturated rings. The summed E-state index contributed by atoms with van der Waals surface area (Å²) >= 11 is 0. The second kappa shape index (κ2) is 4.37. The second-order valence-corrected chi connectivity index (χ2v) is 5.63. The van der Waals surface area contributed by atoms with E-state index in [2.05, 4.69) is 56.1 Å². The van der Waals surface area contributed by atoms with Crippen molar-refractivity contribution in [3.63, 3.8) is 0 Å². The monoisotopic (exact) mass is 269 g/mol. The number of aryl methyl sites for hydroxylation is 2. The summed E-state index contributed by atoms with van der Waals surface area (Å²) in [5.74, 6) is 0.879. The third-order valence-electron chi connectivity index (χ3n) is 3.44. The van der Waals surface area contributed by atoms with Crippen LogP contribution in [0.5, 0.6) is 0 Å². The first kappa shape index (κ1) is 12.7. The lowest BCUT2D eigenvalue weighted by atomic mass is 10.1. The van der Waals surface area contributed by atoms with Crippen molar-refractivity contribution in [2.24, 2.45) is 0 Å². The van der Waals surface area contributed by atoms with Crippen molar-refractivity contribution in [1.29, 1.82) is 0 Å². The topological polar surface area (TPSA) is 72.5 Å². The van der Waals surface area contributed by atoms with Crippen LogP contribution in [-0.4, -0.2) is 20.0 Å². The third-order valence-corrected chi connectivity index (χ3v) is 3.44. The Kier molecular flexibility index (Phi) is 2.78. The number of benzene rings is 1. The molecule has 0 saturated carbocycles. The molecule has 3 rings (SSSR count). The number of aromatic amines is 1. The molecular weight excluding hydrogens is 250 g/mol. The van der Waals surface area contributed by atoms with Gasteiger partial charge in [0.2, 0.25) is 0 Å². The zero-order valence-electron chi connectivity index (χ0n) is 12.2. The van der Waals surface area contributed by atoms with Crippen LogP contribution >= 0.6 is 0 Å². The fraction of sp³-hybridized carbons (Fsp3) is 0.333. The van der Waals surface area contributed by atoms with Crippen molar-refractivity contribution >= 4 is 16.9 Å². The smallest absolute Gasteiger partial charge is 0.186 e. The summed E-state index contributed by atoms with van der Waals surface area (Å²) in [5, 5.41) is 12.8. The average molecular weight is 269 g/mol. The van der Waals surface area contributed by atoms with E-state index in [-0.39, 0.29) is 0 Å². The minimum absolute atomic E-state index is 0.296. The van der Waals surface area contributed by atoms with Crippen LogP contribution in [0.4, 0.5) is 5.82 Å². The highest BCUT2D eigenvalue weighted by molar-refractivity contribution is 5.90. The zero-order chi connectivity index (χ0) is 14.4. The molecule has 104 valence electrons. The van der Waals surface area contributed by atoms with Crippen LogP contribution in [0.2, 0.25) is 0 Å². The van der Waals surface area contributed by atoms with Gasteiger partial charge in [-0.3, -0.25) is 5.10 Å². The second-order valence-electron chi connectivity index (χ2n) is 5.63. The van der Waals surface area contributed by atoms with Gasteiger partial charge >= 0.3 is 0 Å². The number of rotatable bonds is 2. The van der Waals surface area contributed by atoms with E-state index in [0.717, 1.165) is 22.4 Å². The highest BCUT2D eigenvalue weighted by atomic mass is 15.4. The molecule has 1 aromatic carbocycles. The number of nitrogens with two attached hydrogens (primary N) is 1. The first-order chi connectivity index (χ1) is 9.47. The normalized spacial score (nSPS) is 11.7. The standard InChI is InChI=1S/C15H19N5/c1-8(2)13-12-14(16)17-18-15(12)20(19-13)11-6-9(3)5-10(4)7-11/h5-8H,1-4H3,(H3,16,17,18). The van der Waals surface area contributed by atoms with Gasteiger partial charge < -0.3 is 5.73 Å². The van der Waals surface area contributed by atoms with E-state index in [9.17, 15) is 0 Å². The molecule has 0 saturated heterocycles. The third kappa shape index (κ3) is 1.86. The highest BCUT2D eigenvalue weighted by Crippen LogP contribution is 2.29. The maximum absolute atomic E-state index is 5.99. The average Bonchev–Trinajstić information content (AvgIpc) is 2.89. The van der Waals surface area contributed by atoms with E-state index in [4.69, 9.17) is 10.8 Å². The Hall–Kier alpha value is -2.30. The molecule has 5 heteroatoms. The quantitative estimate of drug-likeness (QED) is 0.751. The zero-order valence-corrected chi connectivity index (χ0v) is 12.2. The van der Waals surface area contributed by atoms with E-state index in [0.29, 0.717) is 11.7 Å². The van der Waals surface area contributed by atoms with Gasteiger partial charge in [-0.15, -0.1) is 0 Å². The van der Waals surface area contributed by atoms with Gasteiger partial charge in [-0.2, -0.15) is 10.2 Å². The maximum Gasteiger partial charge on any atom is 0.186 e. The number of nitrogen functional groups attached to an aromatic ring is 1. The number of hydrogen-bond acceptors (Lipinski definition) is 3. The highest BCUT2D eigenvalue weighted by Gasteiger charge is 2.19. The molecule has 3 N–H and O–H groups in total. The molecule has 0 aliphatic heterocycles. The van der Waals surface area contributed by atoms with E-state index < -0.39 is 0 Å². The molecule has 0 radical (unpaired) electrons. The number of fused-ring (bicyclic) bond motifs is 1. The van der Waals surface area contributed by atoms with Crippen molar-refractivity contribution in [2.45, 2.75) is 33.6 Å². The number of aromatic nitrogens is 4. The van der Waals surface area contributed by atoms with Crippen LogP contribution in [0.1, 0.15) is 36.6 Å². The Labute approximate surface area is 117 Å². The van der Waals surface area contributed by atoms with Gasteiger partial charge in [0.1, 0.15) is 5.82 Å². The molecule has 0 spiro atoms. The Morgan fingerprint density at radius 1 is 1.15 bits per heavy atom. The predicted octanol–water partition coefficient (Wildman–Crippen LogP) is 3.07. The number of nitrogens with one attached hydrogen (secondary N) is 1. The molecular formula is C15H19N5. The van der Waals surface area contributed by atoms with Crippen LogP contribution in [-0.2, 0) is 0 Å². The number of H-pyrrole nitrogens is 1. The van der Waals surface area contributed by atoms with Gasteiger partial charge in [-0.25, -0.2) is 4.68 Å². The number of hydrogen-bond donors (Lipinski definition) is 2. The number of nitrogens with zero attached hydrogens (tertiary/aromatic N) is 3. The first-order valence-corrected chi connectivity index (χ1v) is 6.78. The molecule has 5 nitrogen and oxygen atoms in total. The summed E-state index contributed by atoms with van der Waals surface area (Å²) in [6, 6.07) is 6.36. The van der Waals surface area contributed by atoms with Crippen LogP contribution in [0.3, 0.4) is 0 Å². The number of anilines is 1. The van der Waals surface area contributed by atoms with Gasteiger partial charge in [0.15, 0.2) is 5.65 Å². The fourth-order valence-corrected chi connectivity index (χ4v) is 2.61. The van der Waals surface area contributed by atoms with Crippen molar-refractivity contribution in [3.8, 4) is 5.69 Å². The van der Waals surface area contributed by atoms with Crippen LogP contribution in [0.25, 0.3) is 16.7 Å². The fourth-order valence-electron chi connectivity index (χ4n) is 2.61. The maximum atomic E-state index is 5.99. The van der Waals surface area contributed by atoms with Crippen molar-refractivity contribution < 1.29 is 0 Å². The Bertz CT molecular complexity index is 759. The van der Waals surface area contributed by atoms with Gasteiger partial charge in [-0.05, 0) is 43.0 Å². The molecule has 0 amide bonds. The Balaban J connectivity index is 2.31. The van der Waals surface area contributed by atoms with Gasteiger partial charge in [0.25, 0.3) is 0 Å². The summed E-state index contributed by atoms with van der Waals surface area (Å²) in [6.45, 7) is 8.39. The van der Waals surface area contributed by atoms with Crippen molar-refractivity contribution in [2.75, 3.05) is 5.73 Å². The summed E-state index contributed by atoms with van der Waals surface area (Å²) in [5.41, 5.74) is 11.2. The molecule has 0 aliphatic carbocycles. The Morgan fingerprint density at radius 3 is 2.40 bits per heavy atom. The first-order valence-electron chi connectivity index (χ1n) is 6.78. The molecule has 0 bridgehead atoms. The Morgan fingerprint density at radius 2 is 1.80 bits per heavy atom. The molecule has 2 aromatic heterocycles. The lowest BCUT2D eigenvalue weighted by Crippen LogP contribution is -2.00. The van der Waals surface area contributed by atoms with Crippen molar-refractivity contribution in [1.82, 2.24) is 20.0 Å². The molecule has 2 heterocycles. The van der Waals surface area contributed by atoms with Gasteiger partial charge in [-0.1, -0.05) is 19.9 Å². The van der Waals surface area contributed by atoms with E-state index in [1.165, 1.54) is 11.1 Å². The predicted molar refractivity (Wildman–Crippen MR) is 81.2 cm³/mol. The van der Waals surface area contributed by atoms with E-state index in [1.54, 1.807) is 0 Å². The SMILES string of the molecule is Cc1cc(C)cc(-n2nc(C(C)C)c3c(N)[nH]nc32)c1. The molecule has 0 unspecified atom stereocenters. The summed E-state index contributed by atoms with van der Waals surface area (Å²) < 4.78 is 1.87.